The molecule has 0 heterocycles. The van der Waals surface area contributed by atoms with E-state index in [1.165, 1.54) is 14.2 Å². The third-order valence-corrected chi connectivity index (χ3v) is 4.46. The average Bonchev–Trinajstić information content (AvgIpc) is 2.60. The molecule has 1 N–H and O–H groups in total. The lowest BCUT2D eigenvalue weighted by molar-refractivity contribution is -0.138. The number of esters is 1. The van der Waals surface area contributed by atoms with Crippen LogP contribution in [-0.2, 0) is 9.53 Å². The minimum atomic E-state index is -0.749. The smallest absolute Gasteiger partial charge is 0.325 e. The molecule has 0 amide bonds. The van der Waals surface area contributed by atoms with Gasteiger partial charge in [-0.25, -0.2) is 4.39 Å². The maximum absolute atomic E-state index is 14.1. The zero-order chi connectivity index (χ0) is 18.6. The van der Waals surface area contributed by atoms with Crippen LogP contribution in [0.2, 0.25) is 10.0 Å². The molecule has 0 spiro atoms. The van der Waals surface area contributed by atoms with Crippen molar-refractivity contribution in [3.63, 3.8) is 0 Å². The lowest BCUT2D eigenvalue weighted by atomic mass is 10.2. The molecule has 0 aromatic heterocycles. The van der Waals surface area contributed by atoms with Crippen molar-refractivity contribution in [2.24, 2.45) is 0 Å². The van der Waals surface area contributed by atoms with Crippen LogP contribution in [0.3, 0.4) is 0 Å². The highest BCUT2D eigenvalue weighted by Crippen LogP contribution is 2.43. The second-order valence-electron chi connectivity index (χ2n) is 4.69. The molecule has 2 aromatic rings. The first-order valence-corrected chi connectivity index (χ1v) is 8.41. The van der Waals surface area contributed by atoms with Crippen molar-refractivity contribution in [2.75, 3.05) is 26.1 Å². The second-order valence-corrected chi connectivity index (χ2v) is 6.30. The summed E-state index contributed by atoms with van der Waals surface area (Å²) in [5.74, 6) is -0.396. The van der Waals surface area contributed by atoms with E-state index in [1.807, 2.05) is 0 Å². The summed E-state index contributed by atoms with van der Waals surface area (Å²) in [6.45, 7) is -0.190. The summed E-state index contributed by atoms with van der Waals surface area (Å²) in [6, 6.07) is 5.97. The van der Waals surface area contributed by atoms with E-state index >= 15 is 0 Å². The highest BCUT2D eigenvalue weighted by Gasteiger charge is 2.19. The highest BCUT2D eigenvalue weighted by molar-refractivity contribution is 9.10. The van der Waals surface area contributed by atoms with E-state index in [1.54, 1.807) is 18.2 Å². The first-order valence-electron chi connectivity index (χ1n) is 6.87. The average molecular weight is 453 g/mol. The van der Waals surface area contributed by atoms with E-state index in [9.17, 15) is 9.18 Å². The summed E-state index contributed by atoms with van der Waals surface area (Å²) in [4.78, 5) is 11.2. The monoisotopic (exact) mass is 451 g/mol. The molecular weight excluding hydrogens is 440 g/mol. The highest BCUT2D eigenvalue weighted by atomic mass is 79.9. The number of hydrogen-bond acceptors (Lipinski definition) is 5. The van der Waals surface area contributed by atoms with Crippen molar-refractivity contribution in [2.45, 2.75) is 0 Å². The maximum atomic E-state index is 14.1. The van der Waals surface area contributed by atoms with Gasteiger partial charge in [0.1, 0.15) is 33.9 Å². The second kappa shape index (κ2) is 8.60. The Morgan fingerprint density at radius 2 is 1.96 bits per heavy atom. The Morgan fingerprint density at radius 3 is 2.56 bits per heavy atom. The topological polar surface area (TPSA) is 56.8 Å². The van der Waals surface area contributed by atoms with Crippen molar-refractivity contribution in [1.82, 2.24) is 0 Å². The molecular formula is C16H13BrCl2FNO4. The molecule has 0 bridgehead atoms. The number of hydrogen-bond donors (Lipinski definition) is 1. The lowest BCUT2D eigenvalue weighted by Crippen LogP contribution is -2.15. The summed E-state index contributed by atoms with van der Waals surface area (Å²) in [5.41, 5.74) is 0.150. The predicted octanol–water partition coefficient (Wildman–Crippen LogP) is 5.28. The number of carbonyl (C=O) groups is 1. The lowest BCUT2D eigenvalue weighted by Gasteiger charge is -2.15. The van der Waals surface area contributed by atoms with Gasteiger partial charge in [0.05, 0.1) is 24.4 Å². The molecule has 0 saturated heterocycles. The minimum absolute atomic E-state index is 0.0299. The Balaban J connectivity index is 2.34. The number of benzene rings is 2. The predicted molar refractivity (Wildman–Crippen MR) is 97.7 cm³/mol. The Bertz CT molecular complexity index is 804. The van der Waals surface area contributed by atoms with Crippen LogP contribution >= 0.6 is 39.1 Å². The van der Waals surface area contributed by atoms with E-state index in [-0.39, 0.29) is 28.0 Å². The van der Waals surface area contributed by atoms with Gasteiger partial charge >= 0.3 is 5.97 Å². The van der Waals surface area contributed by atoms with Crippen LogP contribution in [0.15, 0.2) is 28.7 Å². The number of methoxy groups -OCH3 is 2. The minimum Gasteiger partial charge on any atom is -0.496 e. The normalized spacial score (nSPS) is 10.3. The van der Waals surface area contributed by atoms with Crippen molar-refractivity contribution in [3.05, 3.63) is 44.6 Å². The van der Waals surface area contributed by atoms with Crippen LogP contribution in [0.4, 0.5) is 10.1 Å². The fourth-order valence-electron chi connectivity index (χ4n) is 1.87. The van der Waals surface area contributed by atoms with Gasteiger partial charge in [-0.2, -0.15) is 0 Å². The largest absolute Gasteiger partial charge is 0.496 e. The van der Waals surface area contributed by atoms with Crippen LogP contribution in [0.5, 0.6) is 17.2 Å². The maximum Gasteiger partial charge on any atom is 0.325 e. The summed E-state index contributed by atoms with van der Waals surface area (Å²) in [6.07, 6.45) is 0. The van der Waals surface area contributed by atoms with Gasteiger partial charge < -0.3 is 19.5 Å². The van der Waals surface area contributed by atoms with Crippen LogP contribution in [-0.4, -0.2) is 26.7 Å². The van der Waals surface area contributed by atoms with Crippen molar-refractivity contribution >= 4 is 50.8 Å². The Hall–Kier alpha value is -1.70. The molecule has 0 saturated carbocycles. The quantitative estimate of drug-likeness (QED) is 0.477. The molecule has 0 radical (unpaired) electrons. The van der Waals surface area contributed by atoms with Crippen molar-refractivity contribution < 1.29 is 23.4 Å². The molecule has 0 fully saturated rings. The molecule has 2 aromatic carbocycles. The number of halogens is 4. The van der Waals surface area contributed by atoms with Gasteiger partial charge in [-0.05, 0) is 34.1 Å². The van der Waals surface area contributed by atoms with E-state index in [0.717, 1.165) is 6.07 Å². The SMILES string of the molecule is COC(=O)CNc1cc(F)c(Cl)c(Oc2ccc(OC)c(Br)c2)c1Cl. The van der Waals surface area contributed by atoms with Gasteiger partial charge in [0.2, 0.25) is 0 Å². The number of nitrogens with one attached hydrogen (secondary N) is 1. The van der Waals surface area contributed by atoms with Gasteiger partial charge in [-0.3, -0.25) is 4.79 Å². The Labute approximate surface area is 162 Å². The molecule has 0 atom stereocenters. The summed E-state index contributed by atoms with van der Waals surface area (Å²) in [7, 11) is 2.77. The molecule has 134 valence electrons. The number of anilines is 1. The first-order chi connectivity index (χ1) is 11.9. The van der Waals surface area contributed by atoms with Gasteiger partial charge in [-0.15, -0.1) is 0 Å². The molecule has 0 unspecified atom stereocenters. The molecule has 0 aliphatic heterocycles. The van der Waals surface area contributed by atoms with E-state index in [4.69, 9.17) is 32.7 Å². The van der Waals surface area contributed by atoms with Gasteiger partial charge in [-0.1, -0.05) is 23.2 Å². The van der Waals surface area contributed by atoms with E-state index < -0.39 is 11.8 Å². The van der Waals surface area contributed by atoms with Crippen molar-refractivity contribution in [1.29, 1.82) is 0 Å². The van der Waals surface area contributed by atoms with Gasteiger partial charge in [0.15, 0.2) is 5.75 Å². The Kier molecular flexibility index (Phi) is 6.75. The summed E-state index contributed by atoms with van der Waals surface area (Å²) < 4.78 is 30.0. The molecule has 2 rings (SSSR count). The van der Waals surface area contributed by atoms with E-state index in [0.29, 0.717) is 16.0 Å². The van der Waals surface area contributed by atoms with Crippen molar-refractivity contribution in [3.8, 4) is 17.2 Å². The third-order valence-electron chi connectivity index (χ3n) is 3.11. The van der Waals surface area contributed by atoms with Crippen LogP contribution in [0.25, 0.3) is 0 Å². The molecule has 25 heavy (non-hydrogen) atoms. The summed E-state index contributed by atoms with van der Waals surface area (Å²) >= 11 is 15.5. The molecule has 9 heteroatoms. The standard InChI is InChI=1S/C16H13BrCl2FNO4/c1-23-12-4-3-8(5-9(12)17)25-16-14(18)10(20)6-11(15(16)19)21-7-13(22)24-2/h3-6,21H,7H2,1-2H3. The van der Waals surface area contributed by atoms with Crippen LogP contribution in [0.1, 0.15) is 0 Å². The third kappa shape index (κ3) is 4.68. The van der Waals surface area contributed by atoms with Gasteiger partial charge in [0, 0.05) is 6.07 Å². The number of carbonyl (C=O) groups excluding carboxylic acids is 1. The number of ether oxygens (including phenoxy) is 3. The summed E-state index contributed by atoms with van der Waals surface area (Å²) in [5, 5.41) is 2.43. The number of rotatable bonds is 6. The van der Waals surface area contributed by atoms with Gasteiger partial charge in [0.25, 0.3) is 0 Å². The van der Waals surface area contributed by atoms with E-state index in [2.05, 4.69) is 26.0 Å². The molecule has 5 nitrogen and oxygen atoms in total. The fraction of sp³-hybridized carbons (Fsp3) is 0.188. The molecule has 0 aliphatic carbocycles. The fourth-order valence-corrected chi connectivity index (χ4v) is 2.88. The molecule has 0 aliphatic rings. The zero-order valence-electron chi connectivity index (χ0n) is 13.2. The Morgan fingerprint density at radius 1 is 1.24 bits per heavy atom. The van der Waals surface area contributed by atoms with Crippen LogP contribution < -0.4 is 14.8 Å². The van der Waals surface area contributed by atoms with Crippen LogP contribution in [0, 0.1) is 5.82 Å². The zero-order valence-corrected chi connectivity index (χ0v) is 16.3. The first kappa shape index (κ1) is 19.6.